The Morgan fingerprint density at radius 1 is 1.45 bits per heavy atom. The quantitative estimate of drug-likeness (QED) is 0.811. The summed E-state index contributed by atoms with van der Waals surface area (Å²) in [5.74, 6) is 0.494. The lowest BCUT2D eigenvalue weighted by Crippen LogP contribution is -2.40. The Kier molecular flexibility index (Phi) is 6.27. The third-order valence-electron chi connectivity index (χ3n) is 3.23. The van der Waals surface area contributed by atoms with Crippen LogP contribution in [0.5, 0.6) is 0 Å². The summed E-state index contributed by atoms with van der Waals surface area (Å²) in [5.41, 5.74) is -0.448. The van der Waals surface area contributed by atoms with Crippen LogP contribution < -0.4 is 5.32 Å². The van der Waals surface area contributed by atoms with E-state index in [-0.39, 0.29) is 18.2 Å². The lowest BCUT2D eigenvalue weighted by Gasteiger charge is -2.24. The molecular weight excluding hydrogens is 256 g/mol. The van der Waals surface area contributed by atoms with Gasteiger partial charge in [0, 0.05) is 25.7 Å². The van der Waals surface area contributed by atoms with E-state index in [1.54, 1.807) is 4.90 Å². The van der Waals surface area contributed by atoms with Gasteiger partial charge >= 0.3 is 6.09 Å². The Bertz CT molecular complexity index is 313. The number of hydrogen-bond donors (Lipinski definition) is 2. The fourth-order valence-corrected chi connectivity index (χ4v) is 2.35. The molecule has 1 amide bonds. The van der Waals surface area contributed by atoms with Crippen LogP contribution in [0.25, 0.3) is 0 Å². The van der Waals surface area contributed by atoms with Gasteiger partial charge < -0.3 is 20.1 Å². The number of nitrogens with zero attached hydrogens (tertiary/aromatic N) is 1. The van der Waals surface area contributed by atoms with Crippen molar-refractivity contribution in [1.82, 2.24) is 10.2 Å². The number of hydrogen-bond acceptors (Lipinski definition) is 4. The molecule has 1 aliphatic heterocycles. The van der Waals surface area contributed by atoms with Gasteiger partial charge in [-0.2, -0.15) is 0 Å². The lowest BCUT2D eigenvalue weighted by molar-refractivity contribution is 0.0290. The molecule has 0 saturated carbocycles. The average Bonchev–Trinajstić information content (AvgIpc) is 2.71. The standard InChI is InChI=1S/C15H30N2O3/c1-11(2)8-13(18)9-16-12-6-7-17(10-12)14(19)20-15(3,4)5/h11-13,16,18H,6-10H2,1-5H3. The first-order valence-electron chi connectivity index (χ1n) is 7.56. The second kappa shape index (κ2) is 7.27. The summed E-state index contributed by atoms with van der Waals surface area (Å²) >= 11 is 0. The van der Waals surface area contributed by atoms with E-state index in [0.717, 1.165) is 12.8 Å². The minimum atomic E-state index is -0.448. The molecule has 1 rings (SSSR count). The molecule has 0 bridgehead atoms. The molecule has 2 unspecified atom stereocenters. The fourth-order valence-electron chi connectivity index (χ4n) is 2.35. The maximum absolute atomic E-state index is 11.9. The van der Waals surface area contributed by atoms with Crippen LogP contribution in [0.3, 0.4) is 0 Å². The predicted molar refractivity (Wildman–Crippen MR) is 79.7 cm³/mol. The zero-order valence-corrected chi connectivity index (χ0v) is 13.5. The molecule has 5 nitrogen and oxygen atoms in total. The van der Waals surface area contributed by atoms with Crippen molar-refractivity contribution in [2.75, 3.05) is 19.6 Å². The minimum Gasteiger partial charge on any atom is -0.444 e. The summed E-state index contributed by atoms with van der Waals surface area (Å²) in [6.45, 7) is 11.8. The van der Waals surface area contributed by atoms with Gasteiger partial charge in [0.15, 0.2) is 0 Å². The normalized spacial score (nSPS) is 21.4. The van der Waals surface area contributed by atoms with Gasteiger partial charge in [0.1, 0.15) is 5.60 Å². The number of nitrogens with one attached hydrogen (secondary N) is 1. The Morgan fingerprint density at radius 3 is 2.65 bits per heavy atom. The molecule has 2 atom stereocenters. The molecule has 0 aromatic rings. The summed E-state index contributed by atoms with van der Waals surface area (Å²) < 4.78 is 5.36. The molecule has 118 valence electrons. The Balaban J connectivity index is 2.28. The highest BCUT2D eigenvalue weighted by atomic mass is 16.6. The Morgan fingerprint density at radius 2 is 2.10 bits per heavy atom. The van der Waals surface area contributed by atoms with Gasteiger partial charge in [0.05, 0.1) is 6.10 Å². The largest absolute Gasteiger partial charge is 0.444 e. The topological polar surface area (TPSA) is 61.8 Å². The number of carbonyl (C=O) groups is 1. The van der Waals surface area contributed by atoms with Crippen LogP contribution in [0, 0.1) is 5.92 Å². The van der Waals surface area contributed by atoms with Crippen LogP contribution in [-0.4, -0.2) is 53.5 Å². The molecule has 0 radical (unpaired) electrons. The fraction of sp³-hybridized carbons (Fsp3) is 0.933. The van der Waals surface area contributed by atoms with Crippen molar-refractivity contribution in [3.05, 3.63) is 0 Å². The summed E-state index contributed by atoms with van der Waals surface area (Å²) in [5, 5.41) is 13.2. The van der Waals surface area contributed by atoms with Gasteiger partial charge in [-0.1, -0.05) is 13.8 Å². The highest BCUT2D eigenvalue weighted by Gasteiger charge is 2.29. The molecule has 1 fully saturated rings. The molecule has 0 aromatic heterocycles. The van der Waals surface area contributed by atoms with Crippen molar-refractivity contribution >= 4 is 6.09 Å². The van der Waals surface area contributed by atoms with E-state index in [2.05, 4.69) is 19.2 Å². The van der Waals surface area contributed by atoms with Crippen molar-refractivity contribution in [2.45, 2.75) is 65.2 Å². The smallest absolute Gasteiger partial charge is 0.410 e. The molecular formula is C15H30N2O3. The van der Waals surface area contributed by atoms with Gasteiger partial charge in [0.25, 0.3) is 0 Å². The maximum atomic E-state index is 11.9. The van der Waals surface area contributed by atoms with Crippen molar-refractivity contribution in [3.63, 3.8) is 0 Å². The van der Waals surface area contributed by atoms with E-state index in [1.807, 2.05) is 20.8 Å². The van der Waals surface area contributed by atoms with E-state index in [0.29, 0.717) is 25.6 Å². The summed E-state index contributed by atoms with van der Waals surface area (Å²) in [4.78, 5) is 13.7. The third-order valence-corrected chi connectivity index (χ3v) is 3.23. The summed E-state index contributed by atoms with van der Waals surface area (Å²) in [7, 11) is 0. The summed E-state index contributed by atoms with van der Waals surface area (Å²) in [6, 6.07) is 0.254. The molecule has 0 spiro atoms. The van der Waals surface area contributed by atoms with E-state index in [9.17, 15) is 9.90 Å². The Hall–Kier alpha value is -0.810. The molecule has 1 aliphatic rings. The van der Waals surface area contributed by atoms with Crippen LogP contribution in [0.15, 0.2) is 0 Å². The molecule has 1 heterocycles. The second-order valence-electron chi connectivity index (χ2n) is 7.10. The molecule has 2 N–H and O–H groups in total. The number of ether oxygens (including phenoxy) is 1. The molecule has 20 heavy (non-hydrogen) atoms. The average molecular weight is 286 g/mol. The predicted octanol–water partition coefficient (Wildman–Crippen LogP) is 1.99. The zero-order valence-electron chi connectivity index (χ0n) is 13.5. The first kappa shape index (κ1) is 17.2. The lowest BCUT2D eigenvalue weighted by atomic mass is 10.1. The van der Waals surface area contributed by atoms with Crippen LogP contribution in [-0.2, 0) is 4.74 Å². The van der Waals surface area contributed by atoms with Crippen LogP contribution in [0.1, 0.15) is 47.5 Å². The van der Waals surface area contributed by atoms with Gasteiger partial charge in [0.2, 0.25) is 0 Å². The zero-order chi connectivity index (χ0) is 15.3. The van der Waals surface area contributed by atoms with Crippen LogP contribution in [0.4, 0.5) is 4.79 Å². The number of aliphatic hydroxyl groups excluding tert-OH is 1. The second-order valence-corrected chi connectivity index (χ2v) is 7.10. The van der Waals surface area contributed by atoms with Crippen LogP contribution >= 0.6 is 0 Å². The maximum Gasteiger partial charge on any atom is 0.410 e. The highest BCUT2D eigenvalue weighted by molar-refractivity contribution is 5.68. The van der Waals surface area contributed by atoms with Gasteiger partial charge in [-0.3, -0.25) is 0 Å². The van der Waals surface area contributed by atoms with Gasteiger partial charge in [-0.25, -0.2) is 4.79 Å². The van der Waals surface area contributed by atoms with E-state index >= 15 is 0 Å². The Labute approximate surface area is 122 Å². The first-order chi connectivity index (χ1) is 9.17. The first-order valence-corrected chi connectivity index (χ1v) is 7.56. The highest BCUT2D eigenvalue weighted by Crippen LogP contribution is 2.15. The monoisotopic (exact) mass is 286 g/mol. The van der Waals surface area contributed by atoms with Crippen molar-refractivity contribution < 1.29 is 14.6 Å². The van der Waals surface area contributed by atoms with E-state index in [1.165, 1.54) is 0 Å². The number of amides is 1. The molecule has 5 heteroatoms. The molecule has 0 aliphatic carbocycles. The van der Waals surface area contributed by atoms with Gasteiger partial charge in [-0.15, -0.1) is 0 Å². The SMILES string of the molecule is CC(C)CC(O)CNC1CCN(C(=O)OC(C)(C)C)C1. The van der Waals surface area contributed by atoms with E-state index in [4.69, 9.17) is 4.74 Å². The minimum absolute atomic E-state index is 0.246. The van der Waals surface area contributed by atoms with Crippen molar-refractivity contribution in [3.8, 4) is 0 Å². The molecule has 0 aromatic carbocycles. The number of likely N-dealkylation sites (tertiary alicyclic amines) is 1. The van der Waals surface area contributed by atoms with Crippen molar-refractivity contribution in [2.24, 2.45) is 5.92 Å². The van der Waals surface area contributed by atoms with Crippen molar-refractivity contribution in [1.29, 1.82) is 0 Å². The number of aliphatic hydroxyl groups is 1. The van der Waals surface area contributed by atoms with Gasteiger partial charge in [-0.05, 0) is 39.5 Å². The third kappa shape index (κ3) is 6.57. The number of carbonyl (C=O) groups excluding carboxylic acids is 1. The van der Waals surface area contributed by atoms with E-state index < -0.39 is 5.60 Å². The molecule has 1 saturated heterocycles. The number of rotatable bonds is 5. The summed E-state index contributed by atoms with van der Waals surface area (Å²) in [6.07, 6.45) is 1.15. The van der Waals surface area contributed by atoms with Crippen LogP contribution in [0.2, 0.25) is 0 Å².